The molecule has 42 heavy (non-hydrogen) atoms. The Morgan fingerprint density at radius 2 is 1.71 bits per heavy atom. The zero-order valence-corrected chi connectivity index (χ0v) is 21.5. The van der Waals surface area contributed by atoms with E-state index in [1.807, 2.05) is 0 Å². The van der Waals surface area contributed by atoms with E-state index >= 15 is 0 Å². The number of methoxy groups -OCH3 is 1. The van der Waals surface area contributed by atoms with Gasteiger partial charge in [-0.25, -0.2) is 0 Å². The maximum atomic E-state index is 13.1. The Morgan fingerprint density at radius 1 is 1.05 bits per heavy atom. The minimum Gasteiger partial charge on any atom is -0.493 e. The molecule has 1 N–H and O–H groups in total. The molecule has 8 nitrogen and oxygen atoms in total. The Hall–Kier alpha value is -5.32. The molecule has 14 heteroatoms. The van der Waals surface area contributed by atoms with Crippen molar-refractivity contribution in [3.05, 3.63) is 105 Å². The van der Waals surface area contributed by atoms with Gasteiger partial charge in [0.1, 0.15) is 11.6 Å². The number of hydrogen-bond acceptors (Lipinski definition) is 6. The SMILES string of the molecule is C=CCc1cc(/C=C(\C#N)C(=O)Nc2cccc(C(F)(F)F)c2)cc(OC)c1Oc1ccc(C(F)(F)F)cc1[N+](=O)[O-]. The number of amides is 1. The lowest BCUT2D eigenvalue weighted by molar-refractivity contribution is -0.385. The Bertz CT molecular complexity index is 1610. The smallest absolute Gasteiger partial charge is 0.416 e. The predicted octanol–water partition coefficient (Wildman–Crippen LogP) is 7.71. The third-order valence-corrected chi connectivity index (χ3v) is 5.56. The lowest BCUT2D eigenvalue weighted by Crippen LogP contribution is -2.14. The van der Waals surface area contributed by atoms with Crippen molar-refractivity contribution in [2.45, 2.75) is 18.8 Å². The van der Waals surface area contributed by atoms with Gasteiger partial charge in [-0.05, 0) is 60.5 Å². The Labute approximate surface area is 234 Å². The van der Waals surface area contributed by atoms with Gasteiger partial charge in [-0.1, -0.05) is 12.1 Å². The third kappa shape index (κ3) is 7.45. The lowest BCUT2D eigenvalue weighted by atomic mass is 10.0. The summed E-state index contributed by atoms with van der Waals surface area (Å²) < 4.78 is 89.3. The van der Waals surface area contributed by atoms with Crippen LogP contribution in [0.3, 0.4) is 0 Å². The number of rotatable bonds is 9. The maximum Gasteiger partial charge on any atom is 0.416 e. The van der Waals surface area contributed by atoms with Gasteiger partial charge in [0.2, 0.25) is 5.75 Å². The first kappa shape index (κ1) is 31.2. The molecule has 0 unspecified atom stereocenters. The van der Waals surface area contributed by atoms with Crippen LogP contribution in [-0.2, 0) is 23.6 Å². The number of anilines is 1. The molecule has 0 aliphatic rings. The van der Waals surface area contributed by atoms with Crippen LogP contribution in [0.2, 0.25) is 0 Å². The largest absolute Gasteiger partial charge is 0.493 e. The number of nitro groups is 1. The highest BCUT2D eigenvalue weighted by atomic mass is 19.4. The molecule has 0 spiro atoms. The van der Waals surface area contributed by atoms with Crippen molar-refractivity contribution in [2.24, 2.45) is 0 Å². The molecule has 0 aromatic heterocycles. The molecule has 3 rings (SSSR count). The number of alkyl halides is 6. The van der Waals surface area contributed by atoms with Gasteiger partial charge in [0.25, 0.3) is 5.91 Å². The van der Waals surface area contributed by atoms with Crippen molar-refractivity contribution in [1.29, 1.82) is 5.26 Å². The number of nitro benzene ring substituents is 1. The van der Waals surface area contributed by atoms with Gasteiger partial charge in [-0.15, -0.1) is 6.58 Å². The maximum absolute atomic E-state index is 13.1. The highest BCUT2D eigenvalue weighted by molar-refractivity contribution is 6.09. The van der Waals surface area contributed by atoms with Crippen LogP contribution in [0, 0.1) is 21.4 Å². The summed E-state index contributed by atoms with van der Waals surface area (Å²) in [7, 11) is 1.21. The summed E-state index contributed by atoms with van der Waals surface area (Å²) in [5.41, 5.74) is -3.47. The molecule has 0 aliphatic heterocycles. The third-order valence-electron chi connectivity index (χ3n) is 5.56. The quantitative estimate of drug-likeness (QED) is 0.0681. The molecule has 0 radical (unpaired) electrons. The fourth-order valence-electron chi connectivity index (χ4n) is 3.66. The van der Waals surface area contributed by atoms with Crippen molar-refractivity contribution >= 4 is 23.4 Å². The molecule has 0 saturated heterocycles. The number of carbonyl (C=O) groups excluding carboxylic acids is 1. The second kappa shape index (κ2) is 12.5. The summed E-state index contributed by atoms with van der Waals surface area (Å²) in [6, 6.07) is 9.89. The van der Waals surface area contributed by atoms with E-state index in [1.54, 1.807) is 6.07 Å². The topological polar surface area (TPSA) is 114 Å². The number of allylic oxidation sites excluding steroid dienone is 1. The van der Waals surface area contributed by atoms with Crippen LogP contribution in [0.1, 0.15) is 22.3 Å². The van der Waals surface area contributed by atoms with Crippen LogP contribution in [0.4, 0.5) is 37.7 Å². The molecule has 0 heterocycles. The zero-order chi connectivity index (χ0) is 31.2. The normalized spacial score (nSPS) is 11.8. The molecule has 0 saturated carbocycles. The molecule has 218 valence electrons. The number of halogens is 6. The van der Waals surface area contributed by atoms with Crippen LogP contribution in [0.25, 0.3) is 6.08 Å². The number of nitriles is 1. The van der Waals surface area contributed by atoms with Crippen LogP contribution in [-0.4, -0.2) is 17.9 Å². The van der Waals surface area contributed by atoms with E-state index in [0.717, 1.165) is 24.3 Å². The van der Waals surface area contributed by atoms with E-state index in [4.69, 9.17) is 9.47 Å². The van der Waals surface area contributed by atoms with Gasteiger partial charge < -0.3 is 14.8 Å². The van der Waals surface area contributed by atoms with Gasteiger partial charge in [-0.3, -0.25) is 14.9 Å². The van der Waals surface area contributed by atoms with Crippen molar-refractivity contribution in [3.63, 3.8) is 0 Å². The minimum absolute atomic E-state index is 0.0557. The molecular formula is C28H19F6N3O5. The van der Waals surface area contributed by atoms with Gasteiger partial charge in [0, 0.05) is 17.3 Å². The molecular weight excluding hydrogens is 572 g/mol. The number of hydrogen-bond donors (Lipinski definition) is 1. The molecule has 3 aromatic carbocycles. The van der Waals surface area contributed by atoms with Crippen LogP contribution in [0.5, 0.6) is 17.2 Å². The average Bonchev–Trinajstić information content (AvgIpc) is 2.92. The highest BCUT2D eigenvalue weighted by Crippen LogP contribution is 2.42. The number of benzene rings is 3. The van der Waals surface area contributed by atoms with E-state index in [2.05, 4.69) is 11.9 Å². The Kier molecular flexibility index (Phi) is 9.26. The lowest BCUT2D eigenvalue weighted by Gasteiger charge is -2.16. The van der Waals surface area contributed by atoms with Gasteiger partial charge in [-0.2, -0.15) is 31.6 Å². The molecule has 0 aliphatic carbocycles. The van der Waals surface area contributed by atoms with Gasteiger partial charge >= 0.3 is 18.0 Å². The van der Waals surface area contributed by atoms with E-state index in [1.165, 1.54) is 31.4 Å². The van der Waals surface area contributed by atoms with Crippen LogP contribution >= 0.6 is 0 Å². The number of ether oxygens (including phenoxy) is 2. The van der Waals surface area contributed by atoms with Crippen molar-refractivity contribution < 1.29 is 45.5 Å². The molecule has 1 amide bonds. The number of carbonyl (C=O) groups is 1. The monoisotopic (exact) mass is 591 g/mol. The standard InChI is InChI=1S/C28H19F6N3O5/c1-3-5-17-10-16(11-18(15-35)26(38)36-21-7-4-6-19(13-21)27(29,30)31)12-24(41-2)25(17)42-23-9-8-20(28(32,33)34)14-22(23)37(39)40/h3-4,6-14H,1,5H2,2H3,(H,36,38)/b18-11+. The van der Waals surface area contributed by atoms with Crippen molar-refractivity contribution in [1.82, 2.24) is 0 Å². The first-order valence-corrected chi connectivity index (χ1v) is 11.6. The summed E-state index contributed by atoms with van der Waals surface area (Å²) in [4.78, 5) is 23.2. The summed E-state index contributed by atoms with van der Waals surface area (Å²) in [6.07, 6.45) is -6.91. The Balaban J connectivity index is 2.02. The molecule has 0 bridgehead atoms. The highest BCUT2D eigenvalue weighted by Gasteiger charge is 2.34. The van der Waals surface area contributed by atoms with Crippen molar-refractivity contribution in [2.75, 3.05) is 12.4 Å². The first-order chi connectivity index (χ1) is 19.7. The van der Waals surface area contributed by atoms with Gasteiger partial charge in [0.05, 0.1) is 23.2 Å². The van der Waals surface area contributed by atoms with E-state index in [9.17, 15) is 46.5 Å². The summed E-state index contributed by atoms with van der Waals surface area (Å²) in [6.45, 7) is 3.61. The molecule has 0 atom stereocenters. The second-order valence-corrected chi connectivity index (χ2v) is 8.45. The van der Waals surface area contributed by atoms with Gasteiger partial charge in [0.15, 0.2) is 11.5 Å². The number of nitrogens with zero attached hydrogens (tertiary/aromatic N) is 2. The summed E-state index contributed by atoms with van der Waals surface area (Å²) in [5.74, 6) is -1.70. The fourth-order valence-corrected chi connectivity index (χ4v) is 3.66. The van der Waals surface area contributed by atoms with E-state index in [-0.39, 0.29) is 34.7 Å². The van der Waals surface area contributed by atoms with E-state index in [0.29, 0.717) is 18.2 Å². The van der Waals surface area contributed by atoms with Crippen LogP contribution < -0.4 is 14.8 Å². The number of nitrogens with one attached hydrogen (secondary N) is 1. The average molecular weight is 591 g/mol. The molecule has 0 fully saturated rings. The fraction of sp³-hybridized carbons (Fsp3) is 0.143. The first-order valence-electron chi connectivity index (χ1n) is 11.6. The summed E-state index contributed by atoms with van der Waals surface area (Å²) >= 11 is 0. The van der Waals surface area contributed by atoms with Crippen LogP contribution in [0.15, 0.2) is 72.8 Å². The molecule has 3 aromatic rings. The zero-order valence-electron chi connectivity index (χ0n) is 21.5. The minimum atomic E-state index is -4.84. The van der Waals surface area contributed by atoms with E-state index < -0.39 is 51.3 Å². The van der Waals surface area contributed by atoms with Crippen molar-refractivity contribution in [3.8, 4) is 23.3 Å². The second-order valence-electron chi connectivity index (χ2n) is 8.45. The summed E-state index contributed by atoms with van der Waals surface area (Å²) in [5, 5.41) is 23.3. The predicted molar refractivity (Wildman–Crippen MR) is 139 cm³/mol. The Morgan fingerprint density at radius 3 is 2.29 bits per heavy atom.